The predicted molar refractivity (Wildman–Crippen MR) is 59.7 cm³/mol. The Morgan fingerprint density at radius 1 is 1.29 bits per heavy atom. The maximum absolute atomic E-state index is 5.57. The summed E-state index contributed by atoms with van der Waals surface area (Å²) in [6.07, 6.45) is 2.20. The van der Waals surface area contributed by atoms with Gasteiger partial charge in [0.1, 0.15) is 5.75 Å². The highest BCUT2D eigenvalue weighted by atomic mass is 16.5. The molecule has 1 atom stereocenters. The van der Waals surface area contributed by atoms with Crippen LogP contribution in [0, 0.1) is 0 Å². The molecule has 0 heterocycles. The van der Waals surface area contributed by atoms with E-state index in [1.54, 1.807) is 7.11 Å². The van der Waals surface area contributed by atoms with Crippen LogP contribution < -0.4 is 10.5 Å². The predicted octanol–water partition coefficient (Wildman–Crippen LogP) is 2.54. The summed E-state index contributed by atoms with van der Waals surface area (Å²) < 4.78 is 5.12. The molecule has 0 saturated heterocycles. The number of hydrogen-bond donors (Lipinski definition) is 1. The Morgan fingerprint density at radius 2 is 1.93 bits per heavy atom. The van der Waals surface area contributed by atoms with E-state index in [9.17, 15) is 0 Å². The first-order valence-corrected chi connectivity index (χ1v) is 5.15. The molecule has 2 heteroatoms. The number of nitrogens with two attached hydrogens (primary N) is 1. The van der Waals surface area contributed by atoms with E-state index in [0.29, 0.717) is 5.92 Å². The number of hydrogen-bond acceptors (Lipinski definition) is 2. The third-order valence-electron chi connectivity index (χ3n) is 2.60. The molecule has 1 aromatic rings. The van der Waals surface area contributed by atoms with Crippen molar-refractivity contribution in [2.45, 2.75) is 25.7 Å². The molecule has 1 rings (SSSR count). The molecule has 1 aromatic carbocycles. The van der Waals surface area contributed by atoms with Crippen LogP contribution in [0.5, 0.6) is 5.75 Å². The second-order valence-electron chi connectivity index (χ2n) is 3.46. The fraction of sp³-hybridized carbons (Fsp3) is 0.500. The highest BCUT2D eigenvalue weighted by Gasteiger charge is 2.07. The molecule has 0 fully saturated rings. The molecule has 0 spiro atoms. The van der Waals surface area contributed by atoms with Gasteiger partial charge in [-0.15, -0.1) is 0 Å². The molecule has 1 unspecified atom stereocenters. The fourth-order valence-corrected chi connectivity index (χ4v) is 1.68. The molecule has 14 heavy (non-hydrogen) atoms. The average molecular weight is 193 g/mol. The van der Waals surface area contributed by atoms with Gasteiger partial charge in [0.2, 0.25) is 0 Å². The van der Waals surface area contributed by atoms with Gasteiger partial charge in [-0.2, -0.15) is 0 Å². The molecule has 0 aromatic heterocycles. The van der Waals surface area contributed by atoms with Crippen molar-refractivity contribution < 1.29 is 4.74 Å². The monoisotopic (exact) mass is 193 g/mol. The van der Waals surface area contributed by atoms with Crippen LogP contribution in [0.4, 0.5) is 0 Å². The highest BCUT2D eigenvalue weighted by Crippen LogP contribution is 2.24. The molecule has 0 saturated carbocycles. The minimum atomic E-state index is 0.589. The molecule has 0 radical (unpaired) electrons. The second-order valence-corrected chi connectivity index (χ2v) is 3.46. The van der Waals surface area contributed by atoms with Crippen molar-refractivity contribution in [3.8, 4) is 5.75 Å². The Labute approximate surface area is 86.1 Å². The Bertz CT molecular complexity index is 256. The summed E-state index contributed by atoms with van der Waals surface area (Å²) in [4.78, 5) is 0. The summed E-state index contributed by atoms with van der Waals surface area (Å²) in [5.41, 5.74) is 6.93. The van der Waals surface area contributed by atoms with E-state index in [2.05, 4.69) is 19.1 Å². The van der Waals surface area contributed by atoms with Gasteiger partial charge in [-0.05, 0) is 43.0 Å². The SMILES string of the molecule is CCC(CCN)c1ccc(OC)cc1. The van der Waals surface area contributed by atoms with Crippen LogP contribution in [0.25, 0.3) is 0 Å². The molecule has 2 nitrogen and oxygen atoms in total. The van der Waals surface area contributed by atoms with E-state index in [-0.39, 0.29) is 0 Å². The Kier molecular flexibility index (Phi) is 4.47. The summed E-state index contributed by atoms with van der Waals surface area (Å²) in [5, 5.41) is 0. The van der Waals surface area contributed by atoms with Gasteiger partial charge >= 0.3 is 0 Å². The minimum Gasteiger partial charge on any atom is -0.497 e. The largest absolute Gasteiger partial charge is 0.497 e. The summed E-state index contributed by atoms with van der Waals surface area (Å²) in [7, 11) is 1.69. The fourth-order valence-electron chi connectivity index (χ4n) is 1.68. The van der Waals surface area contributed by atoms with Crippen LogP contribution in [0.2, 0.25) is 0 Å². The van der Waals surface area contributed by atoms with Gasteiger partial charge in [-0.3, -0.25) is 0 Å². The van der Waals surface area contributed by atoms with Crippen molar-refractivity contribution in [2.24, 2.45) is 5.73 Å². The Balaban J connectivity index is 2.73. The smallest absolute Gasteiger partial charge is 0.118 e. The van der Waals surface area contributed by atoms with E-state index in [1.807, 2.05) is 12.1 Å². The molecular weight excluding hydrogens is 174 g/mol. The number of ether oxygens (including phenoxy) is 1. The lowest BCUT2D eigenvalue weighted by Gasteiger charge is -2.14. The standard InChI is InChI=1S/C12H19NO/c1-3-10(8-9-13)11-4-6-12(14-2)7-5-11/h4-7,10H,3,8-9,13H2,1-2H3. The zero-order chi connectivity index (χ0) is 10.4. The van der Waals surface area contributed by atoms with Crippen molar-refractivity contribution in [1.82, 2.24) is 0 Å². The van der Waals surface area contributed by atoms with E-state index < -0.39 is 0 Å². The van der Waals surface area contributed by atoms with Crippen molar-refractivity contribution in [1.29, 1.82) is 0 Å². The lowest BCUT2D eigenvalue weighted by Crippen LogP contribution is -2.06. The van der Waals surface area contributed by atoms with Crippen molar-refractivity contribution in [2.75, 3.05) is 13.7 Å². The van der Waals surface area contributed by atoms with E-state index >= 15 is 0 Å². The van der Waals surface area contributed by atoms with Gasteiger partial charge in [0.25, 0.3) is 0 Å². The van der Waals surface area contributed by atoms with Gasteiger partial charge in [-0.1, -0.05) is 19.1 Å². The quantitative estimate of drug-likeness (QED) is 0.780. The first kappa shape index (κ1) is 11.1. The number of benzene rings is 1. The summed E-state index contributed by atoms with van der Waals surface area (Å²) in [6.45, 7) is 2.95. The van der Waals surface area contributed by atoms with Crippen LogP contribution in [-0.2, 0) is 0 Å². The third-order valence-corrected chi connectivity index (χ3v) is 2.60. The van der Waals surface area contributed by atoms with Gasteiger partial charge in [0.15, 0.2) is 0 Å². The van der Waals surface area contributed by atoms with Crippen LogP contribution in [0.15, 0.2) is 24.3 Å². The third kappa shape index (κ3) is 2.74. The van der Waals surface area contributed by atoms with Gasteiger partial charge < -0.3 is 10.5 Å². The topological polar surface area (TPSA) is 35.2 Å². The molecule has 78 valence electrons. The zero-order valence-electron chi connectivity index (χ0n) is 8.99. The molecule has 0 bridgehead atoms. The van der Waals surface area contributed by atoms with Gasteiger partial charge in [0, 0.05) is 0 Å². The first-order chi connectivity index (χ1) is 6.81. The van der Waals surface area contributed by atoms with Crippen LogP contribution in [-0.4, -0.2) is 13.7 Å². The maximum atomic E-state index is 5.57. The summed E-state index contributed by atoms with van der Waals surface area (Å²) in [6, 6.07) is 8.27. The Hall–Kier alpha value is -1.02. The number of methoxy groups -OCH3 is 1. The Morgan fingerprint density at radius 3 is 2.36 bits per heavy atom. The average Bonchev–Trinajstić information content (AvgIpc) is 2.26. The van der Waals surface area contributed by atoms with Crippen molar-refractivity contribution >= 4 is 0 Å². The minimum absolute atomic E-state index is 0.589. The summed E-state index contributed by atoms with van der Waals surface area (Å²) in [5.74, 6) is 1.50. The van der Waals surface area contributed by atoms with Gasteiger partial charge in [-0.25, -0.2) is 0 Å². The van der Waals surface area contributed by atoms with Crippen LogP contribution in [0.1, 0.15) is 31.2 Å². The lowest BCUT2D eigenvalue weighted by atomic mass is 9.93. The van der Waals surface area contributed by atoms with Crippen molar-refractivity contribution in [3.63, 3.8) is 0 Å². The molecule has 0 aliphatic rings. The van der Waals surface area contributed by atoms with E-state index in [4.69, 9.17) is 10.5 Å². The lowest BCUT2D eigenvalue weighted by molar-refractivity contribution is 0.414. The normalized spacial score (nSPS) is 12.5. The summed E-state index contributed by atoms with van der Waals surface area (Å²) >= 11 is 0. The van der Waals surface area contributed by atoms with E-state index in [1.165, 1.54) is 5.56 Å². The molecule has 0 amide bonds. The first-order valence-electron chi connectivity index (χ1n) is 5.15. The highest BCUT2D eigenvalue weighted by molar-refractivity contribution is 5.29. The molecular formula is C12H19NO. The van der Waals surface area contributed by atoms with Crippen LogP contribution in [0.3, 0.4) is 0 Å². The molecule has 2 N–H and O–H groups in total. The van der Waals surface area contributed by atoms with Gasteiger partial charge in [0.05, 0.1) is 7.11 Å². The van der Waals surface area contributed by atoms with E-state index in [0.717, 1.165) is 25.1 Å². The van der Waals surface area contributed by atoms with Crippen molar-refractivity contribution in [3.05, 3.63) is 29.8 Å². The molecule has 0 aliphatic carbocycles. The van der Waals surface area contributed by atoms with Crippen LogP contribution >= 0.6 is 0 Å². The zero-order valence-corrected chi connectivity index (χ0v) is 8.99. The maximum Gasteiger partial charge on any atom is 0.118 e. The molecule has 0 aliphatic heterocycles. The number of rotatable bonds is 5. The second kappa shape index (κ2) is 5.66.